The summed E-state index contributed by atoms with van der Waals surface area (Å²) in [5.74, 6) is 0.997. The largest absolute Gasteiger partial charge is 0.493 e. The van der Waals surface area contributed by atoms with Crippen LogP contribution in [0, 0.1) is 0 Å². The van der Waals surface area contributed by atoms with Crippen LogP contribution in [-0.2, 0) is 22.6 Å². The summed E-state index contributed by atoms with van der Waals surface area (Å²) in [6.07, 6.45) is 0.139. The number of carbonyl (C=O) groups is 1. The Balaban J connectivity index is 1.62. The zero-order valence-corrected chi connectivity index (χ0v) is 17.3. The number of aromatic nitrogens is 1. The molecule has 0 aliphatic heterocycles. The summed E-state index contributed by atoms with van der Waals surface area (Å²) in [5.41, 5.74) is 2.54. The van der Waals surface area contributed by atoms with E-state index in [9.17, 15) is 4.79 Å². The van der Waals surface area contributed by atoms with E-state index in [1.807, 2.05) is 47.8 Å². The fourth-order valence-electron chi connectivity index (χ4n) is 2.43. The number of carbonyl (C=O) groups excluding carboxylic acids is 1. The molecular weight excluding hydrogens is 430 g/mol. The van der Waals surface area contributed by atoms with Crippen molar-refractivity contribution in [2.45, 2.75) is 13.0 Å². The maximum atomic E-state index is 12.1. The molecule has 0 N–H and O–H groups in total. The van der Waals surface area contributed by atoms with Crippen molar-refractivity contribution in [3.8, 4) is 22.1 Å². The molecule has 0 saturated carbocycles. The minimum Gasteiger partial charge on any atom is -0.493 e. The second-order valence-electron chi connectivity index (χ2n) is 5.68. The first-order valence-corrected chi connectivity index (χ1v) is 9.83. The number of hydrogen-bond donors (Lipinski definition) is 0. The van der Waals surface area contributed by atoms with Gasteiger partial charge in [-0.05, 0) is 35.9 Å². The summed E-state index contributed by atoms with van der Waals surface area (Å²) >= 11 is 4.85. The lowest BCUT2D eigenvalue weighted by molar-refractivity contribution is -0.144. The number of rotatable bonds is 7. The van der Waals surface area contributed by atoms with Crippen molar-refractivity contribution in [2.75, 3.05) is 14.2 Å². The molecule has 3 aromatic rings. The first-order valence-electron chi connectivity index (χ1n) is 8.16. The summed E-state index contributed by atoms with van der Waals surface area (Å²) in [5, 5.41) is 2.68. The molecule has 0 bridgehead atoms. The summed E-state index contributed by atoms with van der Waals surface area (Å²) in [6.45, 7) is 0.249. The number of ether oxygens (including phenoxy) is 3. The Morgan fingerprint density at radius 3 is 2.52 bits per heavy atom. The summed E-state index contributed by atoms with van der Waals surface area (Å²) < 4.78 is 16.9. The van der Waals surface area contributed by atoms with Crippen LogP contribution in [0.25, 0.3) is 10.6 Å². The van der Waals surface area contributed by atoms with Crippen molar-refractivity contribution >= 4 is 33.2 Å². The predicted molar refractivity (Wildman–Crippen MR) is 108 cm³/mol. The lowest BCUT2D eigenvalue weighted by atomic mass is 10.2. The highest BCUT2D eigenvalue weighted by Crippen LogP contribution is 2.33. The van der Waals surface area contributed by atoms with Crippen molar-refractivity contribution in [3.63, 3.8) is 0 Å². The van der Waals surface area contributed by atoms with Crippen LogP contribution < -0.4 is 9.47 Å². The molecule has 3 rings (SSSR count). The molecule has 7 heteroatoms. The number of benzene rings is 2. The normalized spacial score (nSPS) is 10.5. The van der Waals surface area contributed by atoms with Gasteiger partial charge >= 0.3 is 5.97 Å². The molecule has 0 saturated heterocycles. The Hall–Kier alpha value is -2.38. The van der Waals surface area contributed by atoms with Crippen LogP contribution in [0.4, 0.5) is 0 Å². The van der Waals surface area contributed by atoms with Gasteiger partial charge in [-0.2, -0.15) is 0 Å². The molecule has 0 spiro atoms. The quantitative estimate of drug-likeness (QED) is 0.483. The molecule has 0 aliphatic carbocycles. The first kappa shape index (κ1) is 19.4. The Morgan fingerprint density at radius 1 is 1.07 bits per heavy atom. The van der Waals surface area contributed by atoms with Gasteiger partial charge in [-0.25, -0.2) is 4.98 Å². The van der Waals surface area contributed by atoms with Crippen molar-refractivity contribution in [2.24, 2.45) is 0 Å². The lowest BCUT2D eigenvalue weighted by Gasteiger charge is -2.08. The molecule has 0 fully saturated rings. The maximum Gasteiger partial charge on any atom is 0.312 e. The van der Waals surface area contributed by atoms with E-state index < -0.39 is 0 Å². The SMILES string of the molecule is COc1ccc(-c2nc(CC(=O)OCc3ccc(Br)cc3)cs2)cc1OC. The standard InChI is InChI=1S/C20H18BrNO4S/c1-24-17-8-5-14(9-18(17)25-2)20-22-16(12-27-20)10-19(23)26-11-13-3-6-15(21)7-4-13/h3-9,12H,10-11H2,1-2H3. The monoisotopic (exact) mass is 447 g/mol. The van der Waals surface area contributed by atoms with E-state index in [-0.39, 0.29) is 19.0 Å². The van der Waals surface area contributed by atoms with Gasteiger partial charge in [0, 0.05) is 15.4 Å². The molecular formula is C20H18BrNO4S. The first-order chi connectivity index (χ1) is 13.1. The molecule has 0 amide bonds. The fraction of sp³-hybridized carbons (Fsp3) is 0.200. The molecule has 0 aliphatic rings. The van der Waals surface area contributed by atoms with Crippen LogP contribution in [0.3, 0.4) is 0 Å². The highest BCUT2D eigenvalue weighted by molar-refractivity contribution is 9.10. The van der Waals surface area contributed by atoms with E-state index in [0.29, 0.717) is 17.2 Å². The van der Waals surface area contributed by atoms with Crippen LogP contribution in [-0.4, -0.2) is 25.2 Å². The Morgan fingerprint density at radius 2 is 1.81 bits per heavy atom. The number of hydrogen-bond acceptors (Lipinski definition) is 6. The van der Waals surface area contributed by atoms with Crippen molar-refractivity contribution < 1.29 is 19.0 Å². The minimum absolute atomic E-state index is 0.139. The van der Waals surface area contributed by atoms with Crippen LogP contribution in [0.5, 0.6) is 11.5 Å². The molecule has 140 valence electrons. The zero-order chi connectivity index (χ0) is 19.2. The van der Waals surface area contributed by atoms with Crippen LogP contribution in [0.2, 0.25) is 0 Å². The second-order valence-corrected chi connectivity index (χ2v) is 7.45. The number of nitrogens with zero attached hydrogens (tertiary/aromatic N) is 1. The molecule has 5 nitrogen and oxygen atoms in total. The van der Waals surface area contributed by atoms with Crippen LogP contribution in [0.15, 0.2) is 52.3 Å². The van der Waals surface area contributed by atoms with Gasteiger partial charge in [0.15, 0.2) is 11.5 Å². The van der Waals surface area contributed by atoms with Crippen molar-refractivity contribution in [1.82, 2.24) is 4.98 Å². The van der Waals surface area contributed by atoms with Gasteiger partial charge in [0.05, 0.1) is 26.3 Å². The lowest BCUT2D eigenvalue weighted by Crippen LogP contribution is -2.08. The Labute approximate surface area is 170 Å². The average molecular weight is 448 g/mol. The highest BCUT2D eigenvalue weighted by Gasteiger charge is 2.12. The van der Waals surface area contributed by atoms with E-state index >= 15 is 0 Å². The van der Waals surface area contributed by atoms with E-state index in [2.05, 4.69) is 20.9 Å². The van der Waals surface area contributed by atoms with Crippen LogP contribution in [0.1, 0.15) is 11.3 Å². The molecule has 0 unspecified atom stereocenters. The van der Waals surface area contributed by atoms with Gasteiger partial charge in [0.25, 0.3) is 0 Å². The summed E-state index contributed by atoms with van der Waals surface area (Å²) in [7, 11) is 3.19. The number of methoxy groups -OCH3 is 2. The molecule has 0 radical (unpaired) electrons. The average Bonchev–Trinajstić information content (AvgIpc) is 3.15. The van der Waals surface area contributed by atoms with Gasteiger partial charge in [-0.15, -0.1) is 11.3 Å². The van der Waals surface area contributed by atoms with Crippen molar-refractivity contribution in [3.05, 3.63) is 63.6 Å². The summed E-state index contributed by atoms with van der Waals surface area (Å²) in [4.78, 5) is 16.6. The fourth-order valence-corrected chi connectivity index (χ4v) is 3.51. The van der Waals surface area contributed by atoms with E-state index in [0.717, 1.165) is 20.6 Å². The molecule has 1 aromatic heterocycles. The number of esters is 1. The second kappa shape index (κ2) is 9.01. The Kier molecular flexibility index (Phi) is 6.47. The van der Waals surface area contributed by atoms with Crippen LogP contribution >= 0.6 is 27.3 Å². The van der Waals surface area contributed by atoms with Gasteiger partial charge in [0.1, 0.15) is 11.6 Å². The smallest absolute Gasteiger partial charge is 0.312 e. The highest BCUT2D eigenvalue weighted by atomic mass is 79.9. The molecule has 27 heavy (non-hydrogen) atoms. The summed E-state index contributed by atoms with van der Waals surface area (Å²) in [6, 6.07) is 13.3. The predicted octanol–water partition coefficient (Wildman–Crippen LogP) is 4.88. The Bertz CT molecular complexity index is 924. The van der Waals surface area contributed by atoms with E-state index in [1.54, 1.807) is 14.2 Å². The topological polar surface area (TPSA) is 57.7 Å². The molecule has 0 atom stereocenters. The van der Waals surface area contributed by atoms with Gasteiger partial charge < -0.3 is 14.2 Å². The third-order valence-electron chi connectivity index (χ3n) is 3.82. The third-order valence-corrected chi connectivity index (χ3v) is 5.29. The molecule has 1 heterocycles. The van der Waals surface area contributed by atoms with Gasteiger partial charge in [0.2, 0.25) is 0 Å². The van der Waals surface area contributed by atoms with Gasteiger partial charge in [-0.1, -0.05) is 28.1 Å². The maximum absolute atomic E-state index is 12.1. The third kappa shape index (κ3) is 5.08. The number of halogens is 1. The molecule has 2 aromatic carbocycles. The van der Waals surface area contributed by atoms with Crippen molar-refractivity contribution in [1.29, 1.82) is 0 Å². The van der Waals surface area contributed by atoms with E-state index in [1.165, 1.54) is 11.3 Å². The zero-order valence-electron chi connectivity index (χ0n) is 14.9. The minimum atomic E-state index is -0.304. The van der Waals surface area contributed by atoms with Gasteiger partial charge in [-0.3, -0.25) is 4.79 Å². The van der Waals surface area contributed by atoms with E-state index in [4.69, 9.17) is 14.2 Å². The number of thiazole rings is 1.